The number of carbonyl (C=O) groups is 1. The number of fused-ring (bicyclic) bond motifs is 4. The maximum atomic E-state index is 11.4. The number of hydrogen-bond acceptors (Lipinski definition) is 4. The summed E-state index contributed by atoms with van der Waals surface area (Å²) in [5.41, 5.74) is 1.56. The van der Waals surface area contributed by atoms with E-state index in [9.17, 15) is 9.90 Å². The first-order chi connectivity index (χ1) is 14.2. The summed E-state index contributed by atoms with van der Waals surface area (Å²) < 4.78 is 0. The average molecular weight is 392 g/mol. The standard InChI is InChI=1S/C24H29N3O2/c28-24(29)20-9-6-11-23(25-20)26-15-18-14-19(16-26)22(13-17-7-2-1-3-8-17)27-12-5-4-10-21(18)27/h1-3,6-9,11,18-19,21-22H,4-5,10,12-16H2,(H,28,29)/t18-,19+,21+,22+/m1/s1. The van der Waals surface area contributed by atoms with E-state index in [1.165, 1.54) is 37.8 Å². The zero-order valence-electron chi connectivity index (χ0n) is 16.8. The third-order valence-electron chi connectivity index (χ3n) is 7.19. The van der Waals surface area contributed by atoms with Crippen molar-refractivity contribution in [1.82, 2.24) is 9.88 Å². The maximum absolute atomic E-state index is 11.4. The molecule has 3 fully saturated rings. The molecule has 5 nitrogen and oxygen atoms in total. The first-order valence-electron chi connectivity index (χ1n) is 10.9. The van der Waals surface area contributed by atoms with Crippen LogP contribution in [0.3, 0.4) is 0 Å². The molecule has 2 bridgehead atoms. The van der Waals surface area contributed by atoms with Crippen LogP contribution in [0.15, 0.2) is 48.5 Å². The Kier molecular flexibility index (Phi) is 5.00. The number of benzene rings is 1. The van der Waals surface area contributed by atoms with Crippen LogP contribution >= 0.6 is 0 Å². The van der Waals surface area contributed by atoms with E-state index in [1.807, 2.05) is 12.1 Å². The molecule has 5 heteroatoms. The number of hydrogen-bond donors (Lipinski definition) is 1. The van der Waals surface area contributed by atoms with Crippen molar-refractivity contribution in [3.63, 3.8) is 0 Å². The maximum Gasteiger partial charge on any atom is 0.354 e. The molecule has 29 heavy (non-hydrogen) atoms. The van der Waals surface area contributed by atoms with Gasteiger partial charge in [-0.2, -0.15) is 0 Å². The Morgan fingerprint density at radius 3 is 2.69 bits per heavy atom. The van der Waals surface area contributed by atoms with Crippen LogP contribution in [0.1, 0.15) is 41.7 Å². The normalized spacial score (nSPS) is 29.3. The van der Waals surface area contributed by atoms with Gasteiger partial charge < -0.3 is 10.0 Å². The van der Waals surface area contributed by atoms with Gasteiger partial charge in [0, 0.05) is 25.2 Å². The topological polar surface area (TPSA) is 56.7 Å². The molecule has 3 aliphatic heterocycles. The molecule has 0 saturated carbocycles. The molecule has 4 atom stereocenters. The molecule has 4 heterocycles. The second-order valence-electron chi connectivity index (χ2n) is 8.91. The lowest BCUT2D eigenvalue weighted by molar-refractivity contribution is -0.0318. The van der Waals surface area contributed by atoms with Gasteiger partial charge in [0.25, 0.3) is 0 Å². The highest BCUT2D eigenvalue weighted by molar-refractivity contribution is 5.85. The van der Waals surface area contributed by atoms with Gasteiger partial charge in [-0.1, -0.05) is 42.8 Å². The summed E-state index contributed by atoms with van der Waals surface area (Å²) in [6.45, 7) is 3.18. The minimum absolute atomic E-state index is 0.137. The third kappa shape index (κ3) is 3.64. The quantitative estimate of drug-likeness (QED) is 0.861. The van der Waals surface area contributed by atoms with Gasteiger partial charge in [-0.25, -0.2) is 9.78 Å². The van der Waals surface area contributed by atoms with E-state index in [-0.39, 0.29) is 5.69 Å². The van der Waals surface area contributed by atoms with Crippen LogP contribution in [-0.2, 0) is 6.42 Å². The minimum Gasteiger partial charge on any atom is -0.477 e. The van der Waals surface area contributed by atoms with E-state index in [1.54, 1.807) is 6.07 Å². The molecule has 3 aliphatic rings. The summed E-state index contributed by atoms with van der Waals surface area (Å²) in [5.74, 6) is 1.11. The molecule has 2 aromatic rings. The van der Waals surface area contributed by atoms with Gasteiger partial charge in [0.1, 0.15) is 5.82 Å². The van der Waals surface area contributed by atoms with Crippen molar-refractivity contribution in [3.8, 4) is 0 Å². The van der Waals surface area contributed by atoms with E-state index in [2.05, 4.69) is 45.1 Å². The number of pyridine rings is 1. The molecular weight excluding hydrogens is 362 g/mol. The summed E-state index contributed by atoms with van der Waals surface area (Å²) in [6, 6.07) is 17.5. The highest BCUT2D eigenvalue weighted by atomic mass is 16.4. The SMILES string of the molecule is O=C(O)c1cccc(N2C[C@H]3C[C@@H](C2)[C@H](Cc2ccccc2)N2CCCC[C@@H]32)n1. The number of carboxylic acids is 1. The number of carboxylic acid groups (broad SMARTS) is 1. The van der Waals surface area contributed by atoms with Crippen LogP contribution in [0.25, 0.3) is 0 Å². The Morgan fingerprint density at radius 2 is 1.86 bits per heavy atom. The molecule has 0 aliphatic carbocycles. The fraction of sp³-hybridized carbons (Fsp3) is 0.500. The van der Waals surface area contributed by atoms with E-state index in [4.69, 9.17) is 0 Å². The minimum atomic E-state index is -0.954. The van der Waals surface area contributed by atoms with E-state index in [0.717, 1.165) is 25.3 Å². The molecule has 1 aromatic carbocycles. The molecule has 0 amide bonds. The molecule has 1 aromatic heterocycles. The number of aromatic carboxylic acids is 1. The Balaban J connectivity index is 1.43. The fourth-order valence-electron chi connectivity index (χ4n) is 5.95. The lowest BCUT2D eigenvalue weighted by Gasteiger charge is -2.57. The monoisotopic (exact) mass is 391 g/mol. The van der Waals surface area contributed by atoms with Gasteiger partial charge in [-0.05, 0) is 61.8 Å². The molecule has 0 unspecified atom stereocenters. The van der Waals surface area contributed by atoms with Crippen molar-refractivity contribution >= 4 is 11.8 Å². The van der Waals surface area contributed by atoms with Crippen molar-refractivity contribution in [2.24, 2.45) is 11.8 Å². The Hall–Kier alpha value is -2.40. The lowest BCUT2D eigenvalue weighted by Crippen LogP contribution is -2.64. The van der Waals surface area contributed by atoms with Crippen molar-refractivity contribution < 1.29 is 9.90 Å². The van der Waals surface area contributed by atoms with Gasteiger partial charge in [-0.3, -0.25) is 4.90 Å². The molecule has 152 valence electrons. The summed E-state index contributed by atoms with van der Waals surface area (Å²) in [5, 5.41) is 9.34. The molecule has 1 N–H and O–H groups in total. The largest absolute Gasteiger partial charge is 0.477 e. The Morgan fingerprint density at radius 1 is 1.03 bits per heavy atom. The van der Waals surface area contributed by atoms with Crippen LogP contribution in [0.5, 0.6) is 0 Å². The number of piperidine rings is 3. The number of rotatable bonds is 4. The van der Waals surface area contributed by atoms with E-state index in [0.29, 0.717) is 23.9 Å². The molecule has 3 saturated heterocycles. The van der Waals surface area contributed by atoms with Gasteiger partial charge in [-0.15, -0.1) is 0 Å². The lowest BCUT2D eigenvalue weighted by atomic mass is 9.71. The van der Waals surface area contributed by atoms with Gasteiger partial charge in [0.05, 0.1) is 0 Å². The molecular formula is C24H29N3O2. The third-order valence-corrected chi connectivity index (χ3v) is 7.19. The van der Waals surface area contributed by atoms with Crippen molar-refractivity contribution in [2.45, 2.75) is 44.2 Å². The average Bonchev–Trinajstić information content (AvgIpc) is 2.77. The second-order valence-corrected chi connectivity index (χ2v) is 8.91. The number of nitrogens with zero attached hydrogens (tertiary/aromatic N) is 3. The Bertz CT molecular complexity index is 871. The highest BCUT2D eigenvalue weighted by Gasteiger charge is 2.47. The first kappa shape index (κ1) is 18.6. The van der Waals surface area contributed by atoms with Crippen molar-refractivity contribution in [2.75, 3.05) is 24.5 Å². The zero-order valence-corrected chi connectivity index (χ0v) is 16.8. The summed E-state index contributed by atoms with van der Waals surface area (Å²) in [7, 11) is 0. The van der Waals surface area contributed by atoms with Crippen molar-refractivity contribution in [3.05, 3.63) is 59.8 Å². The van der Waals surface area contributed by atoms with Gasteiger partial charge >= 0.3 is 5.97 Å². The van der Waals surface area contributed by atoms with Crippen LogP contribution in [0, 0.1) is 11.8 Å². The number of aromatic nitrogens is 1. The predicted octanol–water partition coefficient (Wildman–Crippen LogP) is 3.70. The summed E-state index contributed by atoms with van der Waals surface area (Å²) in [6.07, 6.45) is 6.32. The van der Waals surface area contributed by atoms with Gasteiger partial charge in [0.15, 0.2) is 5.69 Å². The Labute approximate surface area is 172 Å². The summed E-state index contributed by atoms with van der Waals surface area (Å²) in [4.78, 5) is 21.0. The van der Waals surface area contributed by atoms with E-state index >= 15 is 0 Å². The smallest absolute Gasteiger partial charge is 0.354 e. The first-order valence-corrected chi connectivity index (χ1v) is 10.9. The molecule has 0 radical (unpaired) electrons. The van der Waals surface area contributed by atoms with Crippen LogP contribution in [0.2, 0.25) is 0 Å². The van der Waals surface area contributed by atoms with Crippen LogP contribution < -0.4 is 4.90 Å². The van der Waals surface area contributed by atoms with E-state index < -0.39 is 5.97 Å². The fourth-order valence-corrected chi connectivity index (χ4v) is 5.95. The zero-order chi connectivity index (χ0) is 19.8. The predicted molar refractivity (Wildman–Crippen MR) is 113 cm³/mol. The second kappa shape index (κ2) is 7.79. The van der Waals surface area contributed by atoms with Crippen LogP contribution in [-0.4, -0.2) is 52.7 Å². The van der Waals surface area contributed by atoms with Crippen molar-refractivity contribution in [1.29, 1.82) is 0 Å². The van der Waals surface area contributed by atoms with Gasteiger partial charge in [0.2, 0.25) is 0 Å². The molecule has 0 spiro atoms. The van der Waals surface area contributed by atoms with Crippen LogP contribution in [0.4, 0.5) is 5.82 Å². The summed E-state index contributed by atoms with van der Waals surface area (Å²) >= 11 is 0. The molecule has 5 rings (SSSR count). The highest BCUT2D eigenvalue weighted by Crippen LogP contribution is 2.42. The number of anilines is 1.